The Kier molecular flexibility index (Phi) is 4.36. The first-order valence-electron chi connectivity index (χ1n) is 6.77. The van der Waals surface area contributed by atoms with Gasteiger partial charge in [0.25, 0.3) is 0 Å². The molecular weight excluding hydrogens is 228 g/mol. The maximum absolute atomic E-state index is 9.23. The van der Waals surface area contributed by atoms with Gasteiger partial charge in [0.05, 0.1) is 12.6 Å². The number of hydrogen-bond acceptors (Lipinski definition) is 5. The first-order chi connectivity index (χ1) is 8.76. The van der Waals surface area contributed by atoms with Gasteiger partial charge in [0, 0.05) is 18.5 Å². The zero-order chi connectivity index (χ0) is 13.0. The van der Waals surface area contributed by atoms with Crippen LogP contribution in [0, 0.1) is 0 Å². The normalized spacial score (nSPS) is 16.4. The Morgan fingerprint density at radius 2 is 2.06 bits per heavy atom. The predicted octanol–water partition coefficient (Wildman–Crippen LogP) is 1.97. The van der Waals surface area contributed by atoms with Crippen LogP contribution in [0.25, 0.3) is 0 Å². The van der Waals surface area contributed by atoms with E-state index in [1.807, 2.05) is 13.0 Å². The minimum atomic E-state index is 0.0569. The molecule has 1 aromatic rings. The Morgan fingerprint density at radius 3 is 2.61 bits per heavy atom. The summed E-state index contributed by atoms with van der Waals surface area (Å²) in [4.78, 5) is 9.06. The maximum atomic E-state index is 9.23. The molecule has 0 radical (unpaired) electrons. The molecule has 0 saturated heterocycles. The quantitative estimate of drug-likeness (QED) is 0.690. The highest BCUT2D eigenvalue weighted by molar-refractivity contribution is 5.48. The van der Waals surface area contributed by atoms with E-state index in [0.717, 1.165) is 30.4 Å². The molecule has 1 aliphatic rings. The van der Waals surface area contributed by atoms with Gasteiger partial charge in [-0.05, 0) is 26.2 Å². The van der Waals surface area contributed by atoms with Gasteiger partial charge in [0.1, 0.15) is 17.5 Å². The third kappa shape index (κ3) is 3.32. The Bertz CT molecular complexity index is 389. The van der Waals surface area contributed by atoms with Gasteiger partial charge in [-0.2, -0.15) is 0 Å². The average Bonchev–Trinajstić information content (AvgIpc) is 3.20. The van der Waals surface area contributed by atoms with Gasteiger partial charge in [0.15, 0.2) is 0 Å². The van der Waals surface area contributed by atoms with Crippen molar-refractivity contribution in [2.24, 2.45) is 0 Å². The average molecular weight is 250 g/mol. The van der Waals surface area contributed by atoms with Gasteiger partial charge >= 0.3 is 0 Å². The second kappa shape index (κ2) is 6.00. The van der Waals surface area contributed by atoms with E-state index in [1.165, 1.54) is 12.8 Å². The van der Waals surface area contributed by atoms with Crippen LogP contribution in [0.4, 0.5) is 11.6 Å². The Morgan fingerprint density at radius 1 is 1.33 bits per heavy atom. The van der Waals surface area contributed by atoms with Crippen LogP contribution < -0.4 is 10.6 Å². The van der Waals surface area contributed by atoms with Gasteiger partial charge in [-0.25, -0.2) is 9.97 Å². The van der Waals surface area contributed by atoms with Crippen LogP contribution in [0.3, 0.4) is 0 Å². The van der Waals surface area contributed by atoms with Crippen LogP contribution in [0.15, 0.2) is 6.07 Å². The molecular formula is C13H22N4O. The molecule has 3 N–H and O–H groups in total. The fourth-order valence-corrected chi connectivity index (χ4v) is 1.82. The van der Waals surface area contributed by atoms with Gasteiger partial charge < -0.3 is 15.7 Å². The molecule has 1 fully saturated rings. The summed E-state index contributed by atoms with van der Waals surface area (Å²) in [7, 11) is 0. The Hall–Kier alpha value is -1.36. The maximum Gasteiger partial charge on any atom is 0.136 e. The predicted molar refractivity (Wildman–Crippen MR) is 73.0 cm³/mol. The lowest BCUT2D eigenvalue weighted by Crippen LogP contribution is -2.23. The summed E-state index contributed by atoms with van der Waals surface area (Å²) in [5, 5.41) is 15.7. The highest BCUT2D eigenvalue weighted by Crippen LogP contribution is 2.38. The van der Waals surface area contributed by atoms with Gasteiger partial charge in [-0.3, -0.25) is 0 Å². The molecule has 1 atom stereocenters. The van der Waals surface area contributed by atoms with E-state index in [2.05, 4.69) is 27.5 Å². The van der Waals surface area contributed by atoms with Crippen LogP contribution in [0.1, 0.15) is 44.9 Å². The summed E-state index contributed by atoms with van der Waals surface area (Å²) in [5.74, 6) is 3.12. The van der Waals surface area contributed by atoms with Gasteiger partial charge in [-0.1, -0.05) is 6.92 Å². The second-order valence-corrected chi connectivity index (χ2v) is 4.73. The number of aromatic nitrogens is 2. The number of hydrogen-bond donors (Lipinski definition) is 3. The van der Waals surface area contributed by atoms with Crippen molar-refractivity contribution < 1.29 is 5.11 Å². The first-order valence-corrected chi connectivity index (χ1v) is 6.77. The Balaban J connectivity index is 2.16. The molecule has 0 bridgehead atoms. The molecule has 5 heteroatoms. The summed E-state index contributed by atoms with van der Waals surface area (Å²) < 4.78 is 0. The molecule has 1 unspecified atom stereocenters. The van der Waals surface area contributed by atoms with Crippen LogP contribution >= 0.6 is 0 Å². The van der Waals surface area contributed by atoms with Crippen molar-refractivity contribution in [3.8, 4) is 0 Å². The van der Waals surface area contributed by atoms with E-state index < -0.39 is 0 Å². The minimum Gasteiger partial charge on any atom is -0.394 e. The number of aliphatic hydroxyl groups excluding tert-OH is 1. The molecule has 100 valence electrons. The van der Waals surface area contributed by atoms with E-state index in [-0.39, 0.29) is 12.6 Å². The molecule has 1 aliphatic carbocycles. The third-order valence-corrected chi connectivity index (χ3v) is 3.11. The van der Waals surface area contributed by atoms with E-state index in [4.69, 9.17) is 0 Å². The summed E-state index contributed by atoms with van der Waals surface area (Å²) in [6, 6.07) is 1.97. The standard InChI is InChI=1S/C13H22N4O/c1-3-10(8-18)15-12-7-11(14-4-2)16-13(17-12)9-5-6-9/h7,9-10,18H,3-6,8H2,1-2H3,(H2,14,15,16,17). The van der Waals surface area contributed by atoms with E-state index >= 15 is 0 Å². The summed E-state index contributed by atoms with van der Waals surface area (Å²) in [6.45, 7) is 5.06. The molecule has 18 heavy (non-hydrogen) atoms. The number of aliphatic hydroxyl groups is 1. The van der Waals surface area contributed by atoms with Crippen molar-refractivity contribution in [2.45, 2.75) is 45.1 Å². The SMILES string of the molecule is CCNc1cc(NC(CC)CO)nc(C2CC2)n1. The summed E-state index contributed by atoms with van der Waals surface area (Å²) in [6.07, 6.45) is 3.24. The van der Waals surface area contributed by atoms with E-state index in [0.29, 0.717) is 5.92 Å². The summed E-state index contributed by atoms with van der Waals surface area (Å²) >= 11 is 0. The smallest absolute Gasteiger partial charge is 0.136 e. The summed E-state index contributed by atoms with van der Waals surface area (Å²) in [5.41, 5.74) is 0. The second-order valence-electron chi connectivity index (χ2n) is 4.73. The molecule has 5 nitrogen and oxygen atoms in total. The lowest BCUT2D eigenvalue weighted by molar-refractivity contribution is 0.271. The van der Waals surface area contributed by atoms with Crippen molar-refractivity contribution in [2.75, 3.05) is 23.8 Å². The molecule has 1 saturated carbocycles. The lowest BCUT2D eigenvalue weighted by atomic mass is 10.2. The molecule has 0 aliphatic heterocycles. The number of rotatable bonds is 7. The Labute approximate surface area is 108 Å². The number of nitrogens with one attached hydrogen (secondary N) is 2. The van der Waals surface area contributed by atoms with Crippen LogP contribution in [0.2, 0.25) is 0 Å². The van der Waals surface area contributed by atoms with Crippen LogP contribution in [0.5, 0.6) is 0 Å². The first kappa shape index (κ1) is 13.1. The minimum absolute atomic E-state index is 0.0569. The molecule has 1 heterocycles. The molecule has 0 amide bonds. The van der Waals surface area contributed by atoms with Crippen LogP contribution in [-0.4, -0.2) is 34.3 Å². The van der Waals surface area contributed by atoms with Crippen molar-refractivity contribution in [3.63, 3.8) is 0 Å². The van der Waals surface area contributed by atoms with Crippen LogP contribution in [-0.2, 0) is 0 Å². The molecule has 0 spiro atoms. The van der Waals surface area contributed by atoms with E-state index in [1.54, 1.807) is 0 Å². The lowest BCUT2D eigenvalue weighted by Gasteiger charge is -2.16. The third-order valence-electron chi connectivity index (χ3n) is 3.11. The monoisotopic (exact) mass is 250 g/mol. The zero-order valence-corrected chi connectivity index (χ0v) is 11.1. The zero-order valence-electron chi connectivity index (χ0n) is 11.1. The fourth-order valence-electron chi connectivity index (χ4n) is 1.82. The molecule has 2 rings (SSSR count). The largest absolute Gasteiger partial charge is 0.394 e. The fraction of sp³-hybridized carbons (Fsp3) is 0.692. The van der Waals surface area contributed by atoms with Crippen molar-refractivity contribution >= 4 is 11.6 Å². The van der Waals surface area contributed by atoms with Gasteiger partial charge in [0.2, 0.25) is 0 Å². The van der Waals surface area contributed by atoms with Crippen molar-refractivity contribution in [3.05, 3.63) is 11.9 Å². The number of anilines is 2. The molecule has 1 aromatic heterocycles. The highest BCUT2D eigenvalue weighted by Gasteiger charge is 2.27. The topological polar surface area (TPSA) is 70.1 Å². The van der Waals surface area contributed by atoms with Gasteiger partial charge in [-0.15, -0.1) is 0 Å². The van der Waals surface area contributed by atoms with Crippen molar-refractivity contribution in [1.29, 1.82) is 0 Å². The van der Waals surface area contributed by atoms with E-state index in [9.17, 15) is 5.11 Å². The highest BCUT2D eigenvalue weighted by atomic mass is 16.3. The van der Waals surface area contributed by atoms with Crippen molar-refractivity contribution in [1.82, 2.24) is 9.97 Å². The molecule has 0 aromatic carbocycles. The number of nitrogens with zero attached hydrogens (tertiary/aromatic N) is 2.